The van der Waals surface area contributed by atoms with Crippen LogP contribution in [0.1, 0.15) is 22.8 Å². The zero-order valence-corrected chi connectivity index (χ0v) is 14.8. The maximum atomic E-state index is 14.0. The highest BCUT2D eigenvalue weighted by molar-refractivity contribution is 5.93. The van der Waals surface area contributed by atoms with E-state index in [-0.39, 0.29) is 22.5 Å². The summed E-state index contributed by atoms with van der Waals surface area (Å²) in [5.74, 6) is -5.74. The van der Waals surface area contributed by atoms with Gasteiger partial charge in [-0.3, -0.25) is 9.59 Å². The lowest BCUT2D eigenvalue weighted by molar-refractivity contribution is -0.142. The van der Waals surface area contributed by atoms with Crippen molar-refractivity contribution in [2.45, 2.75) is 13.5 Å². The fraction of sp³-hybridized carbons (Fsp3) is 0.105. The molecule has 0 saturated carbocycles. The first-order valence-electron chi connectivity index (χ1n) is 8.09. The Morgan fingerprint density at radius 2 is 1.76 bits per heavy atom. The molecule has 0 spiro atoms. The Balaban J connectivity index is 2.43. The van der Waals surface area contributed by atoms with Crippen LogP contribution in [0, 0.1) is 17.5 Å². The summed E-state index contributed by atoms with van der Waals surface area (Å²) in [6, 6.07) is 3.34. The molecule has 3 N–H and O–H groups in total. The maximum absolute atomic E-state index is 14.0. The number of carboxylic acid groups (broad SMARTS) is 1. The monoisotopic (exact) mass is 406 g/mol. The molecule has 1 aromatic heterocycles. The molecule has 0 aliphatic carbocycles. The Bertz CT molecular complexity index is 1240. The Kier molecular flexibility index (Phi) is 5.02. The SMILES string of the molecule is CC(=O)OCc1cc(F)c(N)cc1-n1cc(C(=O)O)c(=O)c2cc(F)c(F)cc21. The normalized spacial score (nSPS) is 10.9. The fourth-order valence-corrected chi connectivity index (χ4v) is 2.81. The molecule has 29 heavy (non-hydrogen) atoms. The molecule has 1 heterocycles. The highest BCUT2D eigenvalue weighted by Crippen LogP contribution is 2.27. The summed E-state index contributed by atoms with van der Waals surface area (Å²) in [4.78, 5) is 35.0. The van der Waals surface area contributed by atoms with Gasteiger partial charge >= 0.3 is 11.9 Å². The Labute approximate surface area is 160 Å². The number of halogens is 3. The minimum absolute atomic E-state index is 0.0173. The molecule has 3 rings (SSSR count). The number of carbonyl (C=O) groups excluding carboxylic acids is 1. The van der Waals surface area contributed by atoms with Crippen molar-refractivity contribution in [3.8, 4) is 5.69 Å². The number of fused-ring (bicyclic) bond motifs is 1. The predicted molar refractivity (Wildman–Crippen MR) is 96.3 cm³/mol. The summed E-state index contributed by atoms with van der Waals surface area (Å²) < 4.78 is 47.5. The van der Waals surface area contributed by atoms with E-state index in [1.54, 1.807) is 0 Å². The molecule has 0 atom stereocenters. The average molecular weight is 406 g/mol. The van der Waals surface area contributed by atoms with Gasteiger partial charge in [0.1, 0.15) is 18.0 Å². The number of rotatable bonds is 4. The second-order valence-corrected chi connectivity index (χ2v) is 6.11. The second kappa shape index (κ2) is 7.30. The van der Waals surface area contributed by atoms with Gasteiger partial charge in [-0.05, 0) is 18.2 Å². The third-order valence-corrected chi connectivity index (χ3v) is 4.16. The molecule has 0 fully saturated rings. The Morgan fingerprint density at radius 3 is 2.38 bits per heavy atom. The minimum atomic E-state index is -1.60. The van der Waals surface area contributed by atoms with Crippen LogP contribution >= 0.6 is 0 Å². The van der Waals surface area contributed by atoms with Gasteiger partial charge in [0.2, 0.25) is 5.43 Å². The number of esters is 1. The molecular formula is C19H13F3N2O5. The summed E-state index contributed by atoms with van der Waals surface area (Å²) >= 11 is 0. The zero-order chi connectivity index (χ0) is 21.5. The molecule has 150 valence electrons. The largest absolute Gasteiger partial charge is 0.477 e. The van der Waals surface area contributed by atoms with Gasteiger partial charge in [0.05, 0.1) is 22.3 Å². The summed E-state index contributed by atoms with van der Waals surface area (Å²) in [6.07, 6.45) is 0.883. The molecule has 0 aliphatic rings. The van der Waals surface area contributed by atoms with Gasteiger partial charge in [0.15, 0.2) is 11.6 Å². The van der Waals surface area contributed by atoms with Crippen LogP contribution in [0.4, 0.5) is 18.9 Å². The molecular weight excluding hydrogens is 393 g/mol. The first-order valence-corrected chi connectivity index (χ1v) is 8.09. The van der Waals surface area contributed by atoms with Crippen LogP contribution in [0.2, 0.25) is 0 Å². The van der Waals surface area contributed by atoms with Crippen molar-refractivity contribution in [1.29, 1.82) is 0 Å². The first-order chi connectivity index (χ1) is 13.6. The quantitative estimate of drug-likeness (QED) is 0.509. The fourth-order valence-electron chi connectivity index (χ4n) is 2.81. The number of carbonyl (C=O) groups is 2. The Hall–Kier alpha value is -3.82. The number of pyridine rings is 1. The smallest absolute Gasteiger partial charge is 0.341 e. The van der Waals surface area contributed by atoms with E-state index >= 15 is 0 Å². The Morgan fingerprint density at radius 1 is 1.10 bits per heavy atom. The number of anilines is 1. The van der Waals surface area contributed by atoms with E-state index in [1.807, 2.05) is 0 Å². The van der Waals surface area contributed by atoms with Gasteiger partial charge in [-0.15, -0.1) is 0 Å². The molecule has 0 radical (unpaired) electrons. The van der Waals surface area contributed by atoms with E-state index in [1.165, 1.54) is 0 Å². The van der Waals surface area contributed by atoms with Crippen molar-refractivity contribution in [3.05, 3.63) is 69.3 Å². The highest BCUT2D eigenvalue weighted by atomic mass is 19.2. The number of benzene rings is 2. The van der Waals surface area contributed by atoms with Crippen LogP contribution in [-0.4, -0.2) is 21.6 Å². The number of aromatic carboxylic acids is 1. The lowest BCUT2D eigenvalue weighted by Gasteiger charge is -2.17. The number of nitrogens with zero attached hydrogens (tertiary/aromatic N) is 1. The van der Waals surface area contributed by atoms with Crippen LogP contribution in [0.15, 0.2) is 35.3 Å². The van der Waals surface area contributed by atoms with E-state index < -0.39 is 52.4 Å². The second-order valence-electron chi connectivity index (χ2n) is 6.11. The van der Waals surface area contributed by atoms with Crippen LogP contribution in [0.3, 0.4) is 0 Å². The van der Waals surface area contributed by atoms with Crippen LogP contribution in [-0.2, 0) is 16.1 Å². The van der Waals surface area contributed by atoms with Crippen LogP contribution < -0.4 is 11.2 Å². The van der Waals surface area contributed by atoms with E-state index in [9.17, 15) is 32.7 Å². The third kappa shape index (κ3) is 3.64. The zero-order valence-electron chi connectivity index (χ0n) is 14.8. The van der Waals surface area contributed by atoms with Gasteiger partial charge in [-0.25, -0.2) is 18.0 Å². The predicted octanol–water partition coefficient (Wildman–Crippen LogP) is 2.75. The van der Waals surface area contributed by atoms with Crippen molar-refractivity contribution in [2.75, 3.05) is 5.73 Å². The van der Waals surface area contributed by atoms with Crippen molar-refractivity contribution < 1.29 is 32.6 Å². The number of hydrogen-bond acceptors (Lipinski definition) is 5. The van der Waals surface area contributed by atoms with Crippen molar-refractivity contribution in [3.63, 3.8) is 0 Å². The van der Waals surface area contributed by atoms with Gasteiger partial charge in [0, 0.05) is 24.8 Å². The number of nitrogens with two attached hydrogens (primary N) is 1. The summed E-state index contributed by atoms with van der Waals surface area (Å²) in [6.45, 7) is 0.713. The number of hydrogen-bond donors (Lipinski definition) is 2. The summed E-state index contributed by atoms with van der Waals surface area (Å²) in [5, 5.41) is 8.92. The third-order valence-electron chi connectivity index (χ3n) is 4.16. The molecule has 10 heteroatoms. The average Bonchev–Trinajstić information content (AvgIpc) is 2.64. The molecule has 0 aliphatic heterocycles. The summed E-state index contributed by atoms with van der Waals surface area (Å²) in [5.41, 5.74) is 3.39. The number of ether oxygens (including phenoxy) is 1. The molecule has 0 unspecified atom stereocenters. The lowest BCUT2D eigenvalue weighted by atomic mass is 10.1. The van der Waals surface area contributed by atoms with E-state index in [4.69, 9.17) is 10.5 Å². The molecule has 3 aromatic rings. The van der Waals surface area contributed by atoms with Gasteiger partial charge in [-0.1, -0.05) is 0 Å². The highest BCUT2D eigenvalue weighted by Gasteiger charge is 2.20. The lowest BCUT2D eigenvalue weighted by Crippen LogP contribution is -2.19. The van der Waals surface area contributed by atoms with Gasteiger partial charge in [-0.2, -0.15) is 0 Å². The van der Waals surface area contributed by atoms with Gasteiger partial charge < -0.3 is 20.1 Å². The molecule has 0 amide bonds. The molecule has 7 nitrogen and oxygen atoms in total. The number of carboxylic acids is 1. The van der Waals surface area contributed by atoms with Crippen molar-refractivity contribution in [2.24, 2.45) is 0 Å². The number of aromatic nitrogens is 1. The van der Waals surface area contributed by atoms with Crippen LogP contribution in [0.25, 0.3) is 16.6 Å². The topological polar surface area (TPSA) is 112 Å². The molecule has 0 bridgehead atoms. The molecule has 2 aromatic carbocycles. The number of nitrogen functional groups attached to an aromatic ring is 1. The summed E-state index contributed by atoms with van der Waals surface area (Å²) in [7, 11) is 0. The maximum Gasteiger partial charge on any atom is 0.341 e. The first kappa shape index (κ1) is 19.9. The molecule has 0 saturated heterocycles. The van der Waals surface area contributed by atoms with E-state index in [0.717, 1.165) is 29.8 Å². The standard InChI is InChI=1S/C19H13F3N2O5/c1-8(25)29-7-9-2-14(22)15(23)5-16(9)24-6-11(19(27)28)18(26)10-3-12(20)13(21)4-17(10)24/h2-6H,7,23H2,1H3,(H,27,28). The van der Waals surface area contributed by atoms with Gasteiger partial charge in [0.25, 0.3) is 0 Å². The minimum Gasteiger partial charge on any atom is -0.477 e. The van der Waals surface area contributed by atoms with Crippen molar-refractivity contribution in [1.82, 2.24) is 4.57 Å². The van der Waals surface area contributed by atoms with E-state index in [2.05, 4.69) is 0 Å². The van der Waals surface area contributed by atoms with Crippen molar-refractivity contribution >= 4 is 28.5 Å². The van der Waals surface area contributed by atoms with E-state index in [0.29, 0.717) is 12.1 Å². The van der Waals surface area contributed by atoms with Crippen LogP contribution in [0.5, 0.6) is 0 Å².